The fourth-order valence-electron chi connectivity index (χ4n) is 12.4. The number of hydrogen-bond acceptors (Lipinski definition) is 1. The molecule has 11 aromatic rings. The highest BCUT2D eigenvalue weighted by atomic mass is 15.1. The topological polar surface area (TPSA) is 3.24 Å². The van der Waals surface area contributed by atoms with Crippen molar-refractivity contribution in [2.75, 3.05) is 4.90 Å². The van der Waals surface area contributed by atoms with Crippen LogP contribution in [0.25, 0.3) is 44.5 Å². The van der Waals surface area contributed by atoms with Gasteiger partial charge in [-0.15, -0.1) is 0 Å². The van der Waals surface area contributed by atoms with Crippen LogP contribution in [0.5, 0.6) is 0 Å². The highest BCUT2D eigenvalue weighted by molar-refractivity contribution is 5.93. The largest absolute Gasteiger partial charge is 0.310 e. The number of fused-ring (bicyclic) bond motifs is 6. The first kappa shape index (κ1) is 42.3. The second kappa shape index (κ2) is 17.0. The minimum Gasteiger partial charge on any atom is -0.310 e. The summed E-state index contributed by atoms with van der Waals surface area (Å²) in [7, 11) is 0. The van der Waals surface area contributed by atoms with Crippen LogP contribution in [-0.2, 0) is 10.8 Å². The lowest BCUT2D eigenvalue weighted by Crippen LogP contribution is -2.29. The van der Waals surface area contributed by atoms with Gasteiger partial charge in [0.15, 0.2) is 0 Å². The number of benzene rings is 11. The number of anilines is 3. The van der Waals surface area contributed by atoms with Crippen molar-refractivity contribution in [2.45, 2.75) is 24.7 Å². The maximum atomic E-state index is 2.51. The number of nitrogens with zero attached hydrogens (tertiary/aromatic N) is 1. The summed E-state index contributed by atoms with van der Waals surface area (Å²) in [4.78, 5) is 2.51. The van der Waals surface area contributed by atoms with Crippen molar-refractivity contribution in [3.8, 4) is 44.5 Å². The minimum atomic E-state index is -0.554. The maximum absolute atomic E-state index is 2.51. The predicted octanol–water partition coefficient (Wildman–Crippen LogP) is 17.8. The van der Waals surface area contributed by atoms with Crippen molar-refractivity contribution in [1.29, 1.82) is 0 Å². The molecule has 2 aliphatic rings. The molecule has 0 amide bonds. The minimum absolute atomic E-state index is 0.554. The molecule has 336 valence electrons. The molecule has 0 heterocycles. The fourth-order valence-corrected chi connectivity index (χ4v) is 12.4. The second-order valence-corrected chi connectivity index (χ2v) is 19.4. The summed E-state index contributed by atoms with van der Waals surface area (Å²) in [5.41, 5.74) is 24.7. The molecule has 0 atom stereocenters. The molecule has 13 rings (SSSR count). The Morgan fingerprint density at radius 3 is 1.04 bits per heavy atom. The Morgan fingerprint density at radius 2 is 0.592 bits per heavy atom. The van der Waals surface area contributed by atoms with Gasteiger partial charge in [0, 0.05) is 17.1 Å². The van der Waals surface area contributed by atoms with Gasteiger partial charge in [0.05, 0.1) is 10.8 Å². The van der Waals surface area contributed by atoms with Crippen LogP contribution >= 0.6 is 0 Å². The SMILES string of the molecule is Cc1cc(C)cc(-c2cccc(-c3cccc(N(c4ccc5c(c4)C(c4ccccc4)(c4ccccc4)c4ccccc4-5)c4ccc5c(c4)C(c4ccccc4)(c4ccccc4)c4ccccc4-5)c3)c2)c1. The molecule has 0 fully saturated rings. The molecule has 0 saturated carbocycles. The Labute approximate surface area is 417 Å². The molecule has 0 bridgehead atoms. The van der Waals surface area contributed by atoms with Crippen LogP contribution in [0.1, 0.15) is 55.6 Å². The maximum Gasteiger partial charge on any atom is 0.0714 e. The summed E-state index contributed by atoms with van der Waals surface area (Å²) in [6.07, 6.45) is 0. The standard InChI is InChI=1S/C70H51N/c1-48-41-49(2)43-53(42-48)51-22-19-21-50(44-51)52-23-20-32-58(45-52)71(59-37-39-63-61-33-15-17-35-65(61)69(67(63)46-59,54-24-7-3-8-25-54)55-26-9-4-10-27-55)60-38-40-64-62-34-16-18-36-66(62)70(68(64)47-60,56-28-11-5-12-29-56)57-30-13-6-14-31-57/h3-47H,1-2H3. The number of aryl methyl sites for hydroxylation is 2. The number of rotatable bonds is 9. The fraction of sp³-hybridized carbons (Fsp3) is 0.0571. The first-order chi connectivity index (χ1) is 35.0. The Kier molecular flexibility index (Phi) is 10.1. The van der Waals surface area contributed by atoms with E-state index < -0.39 is 10.8 Å². The third-order valence-electron chi connectivity index (χ3n) is 15.3. The van der Waals surface area contributed by atoms with E-state index in [1.807, 2.05) is 0 Å². The Hall–Kier alpha value is -8.78. The van der Waals surface area contributed by atoms with E-state index >= 15 is 0 Å². The van der Waals surface area contributed by atoms with Crippen molar-refractivity contribution in [3.63, 3.8) is 0 Å². The molecule has 2 aliphatic carbocycles. The molecular weight excluding hydrogens is 855 g/mol. The van der Waals surface area contributed by atoms with Crippen molar-refractivity contribution in [3.05, 3.63) is 329 Å². The zero-order valence-corrected chi connectivity index (χ0v) is 39.9. The lowest BCUT2D eigenvalue weighted by Gasteiger charge is -2.36. The zero-order chi connectivity index (χ0) is 47.5. The first-order valence-electron chi connectivity index (χ1n) is 24.8. The van der Waals surface area contributed by atoms with E-state index in [4.69, 9.17) is 0 Å². The van der Waals surface area contributed by atoms with Crippen molar-refractivity contribution in [1.82, 2.24) is 0 Å². The Bertz CT molecular complexity index is 3500. The van der Waals surface area contributed by atoms with E-state index in [1.54, 1.807) is 0 Å². The molecule has 0 N–H and O–H groups in total. The Morgan fingerprint density at radius 1 is 0.239 bits per heavy atom. The van der Waals surface area contributed by atoms with Crippen LogP contribution < -0.4 is 4.90 Å². The molecule has 1 nitrogen and oxygen atoms in total. The van der Waals surface area contributed by atoms with Gasteiger partial charge in [-0.1, -0.05) is 242 Å². The first-order valence-corrected chi connectivity index (χ1v) is 24.8. The molecule has 1 heteroatoms. The molecule has 0 saturated heterocycles. The van der Waals surface area contributed by atoms with Gasteiger partial charge in [-0.2, -0.15) is 0 Å². The average Bonchev–Trinajstić information content (AvgIpc) is 3.90. The van der Waals surface area contributed by atoms with Crippen LogP contribution in [0.15, 0.2) is 273 Å². The van der Waals surface area contributed by atoms with E-state index in [0.717, 1.165) is 22.6 Å². The summed E-state index contributed by atoms with van der Waals surface area (Å²) < 4.78 is 0. The van der Waals surface area contributed by atoms with Crippen LogP contribution in [-0.4, -0.2) is 0 Å². The van der Waals surface area contributed by atoms with Gasteiger partial charge in [0.1, 0.15) is 0 Å². The van der Waals surface area contributed by atoms with Gasteiger partial charge in [0.25, 0.3) is 0 Å². The van der Waals surface area contributed by atoms with E-state index in [-0.39, 0.29) is 0 Å². The van der Waals surface area contributed by atoms with Gasteiger partial charge in [0.2, 0.25) is 0 Å². The van der Waals surface area contributed by atoms with E-state index in [0.29, 0.717) is 0 Å². The Balaban J connectivity index is 1.07. The normalized spacial score (nSPS) is 13.4. The predicted molar refractivity (Wildman–Crippen MR) is 296 cm³/mol. The summed E-state index contributed by atoms with van der Waals surface area (Å²) in [5.74, 6) is 0. The lowest BCUT2D eigenvalue weighted by molar-refractivity contribution is 0.767. The third-order valence-corrected chi connectivity index (χ3v) is 15.3. The zero-order valence-electron chi connectivity index (χ0n) is 39.9. The van der Waals surface area contributed by atoms with Gasteiger partial charge in [-0.05, 0) is 145 Å². The smallest absolute Gasteiger partial charge is 0.0714 e. The van der Waals surface area contributed by atoms with Gasteiger partial charge in [-0.3, -0.25) is 0 Å². The monoisotopic (exact) mass is 905 g/mol. The molecule has 0 spiro atoms. The molecule has 0 aliphatic heterocycles. The molecule has 11 aromatic carbocycles. The molecule has 71 heavy (non-hydrogen) atoms. The van der Waals surface area contributed by atoms with Crippen LogP contribution in [0, 0.1) is 13.8 Å². The molecule has 0 aromatic heterocycles. The van der Waals surface area contributed by atoms with Crippen LogP contribution in [0.3, 0.4) is 0 Å². The van der Waals surface area contributed by atoms with Crippen molar-refractivity contribution >= 4 is 17.1 Å². The highest BCUT2D eigenvalue weighted by Crippen LogP contribution is 2.59. The summed E-state index contributed by atoms with van der Waals surface area (Å²) in [6, 6.07) is 102. The van der Waals surface area contributed by atoms with Gasteiger partial charge < -0.3 is 4.90 Å². The number of hydrogen-bond donors (Lipinski definition) is 0. The van der Waals surface area contributed by atoms with Crippen molar-refractivity contribution < 1.29 is 0 Å². The summed E-state index contributed by atoms with van der Waals surface area (Å²) >= 11 is 0. The molecular formula is C70H51N. The van der Waals surface area contributed by atoms with E-state index in [2.05, 4.69) is 292 Å². The second-order valence-electron chi connectivity index (χ2n) is 19.4. The summed E-state index contributed by atoms with van der Waals surface area (Å²) in [6.45, 7) is 4.36. The van der Waals surface area contributed by atoms with E-state index in [9.17, 15) is 0 Å². The van der Waals surface area contributed by atoms with Gasteiger partial charge >= 0.3 is 0 Å². The van der Waals surface area contributed by atoms with Crippen LogP contribution in [0.4, 0.5) is 17.1 Å². The average molecular weight is 906 g/mol. The lowest BCUT2D eigenvalue weighted by atomic mass is 9.67. The molecule has 0 radical (unpaired) electrons. The van der Waals surface area contributed by atoms with E-state index in [1.165, 1.54) is 94.6 Å². The summed E-state index contributed by atoms with van der Waals surface area (Å²) in [5, 5.41) is 0. The quantitative estimate of drug-likeness (QED) is 0.139. The third kappa shape index (κ3) is 6.68. The van der Waals surface area contributed by atoms with Gasteiger partial charge in [-0.25, -0.2) is 0 Å². The van der Waals surface area contributed by atoms with Crippen molar-refractivity contribution in [2.24, 2.45) is 0 Å². The molecule has 0 unspecified atom stereocenters. The van der Waals surface area contributed by atoms with Crippen LogP contribution in [0.2, 0.25) is 0 Å². The highest BCUT2D eigenvalue weighted by Gasteiger charge is 2.48.